The van der Waals surface area contributed by atoms with Crippen LogP contribution in [0.1, 0.15) is 34.6 Å². The Kier molecular flexibility index (Phi) is 6.43. The van der Waals surface area contributed by atoms with Gasteiger partial charge in [-0.15, -0.1) is 0 Å². The molecule has 0 unspecified atom stereocenters. The Bertz CT molecular complexity index is 347. The van der Waals surface area contributed by atoms with Crippen LogP contribution in [0, 0.1) is 5.41 Å². The van der Waals surface area contributed by atoms with Crippen molar-refractivity contribution in [1.82, 2.24) is 5.32 Å². The van der Waals surface area contributed by atoms with Crippen LogP contribution in [0.4, 0.5) is 4.79 Å². The van der Waals surface area contributed by atoms with Crippen LogP contribution in [0.25, 0.3) is 0 Å². The second kappa shape index (κ2) is 6.90. The Morgan fingerprint density at radius 3 is 2.05 bits per heavy atom. The van der Waals surface area contributed by atoms with Crippen molar-refractivity contribution in [2.45, 2.75) is 52.4 Å². The molecule has 0 bridgehead atoms. The molecule has 20 heavy (non-hydrogen) atoms. The number of aliphatic hydroxyl groups excluding tert-OH is 2. The lowest BCUT2D eigenvalue weighted by atomic mass is 9.81. The van der Waals surface area contributed by atoms with E-state index in [9.17, 15) is 14.7 Å². The van der Waals surface area contributed by atoms with Gasteiger partial charge in [-0.2, -0.15) is 0 Å². The monoisotopic (exact) mass is 291 g/mol. The molecular weight excluding hydrogens is 266 g/mol. The van der Waals surface area contributed by atoms with Crippen molar-refractivity contribution in [1.29, 1.82) is 0 Å². The van der Waals surface area contributed by atoms with Gasteiger partial charge in [0, 0.05) is 0 Å². The molecule has 0 rings (SSSR count). The molecule has 0 spiro atoms. The third-order valence-electron chi connectivity index (χ3n) is 2.73. The number of methoxy groups -OCH3 is 1. The number of aliphatic hydroxyl groups is 2. The highest BCUT2D eigenvalue weighted by atomic mass is 16.6. The van der Waals surface area contributed by atoms with E-state index in [4.69, 9.17) is 9.84 Å². The second-order valence-electron chi connectivity index (χ2n) is 6.09. The van der Waals surface area contributed by atoms with Gasteiger partial charge in [-0.3, -0.25) is 4.79 Å². The van der Waals surface area contributed by atoms with E-state index in [0.29, 0.717) is 0 Å². The molecule has 118 valence electrons. The number of carbonyl (C=O) groups excluding carboxylic acids is 2. The molecule has 0 radical (unpaired) electrons. The van der Waals surface area contributed by atoms with Crippen LogP contribution in [0.3, 0.4) is 0 Å². The van der Waals surface area contributed by atoms with Crippen molar-refractivity contribution in [2.24, 2.45) is 5.41 Å². The van der Waals surface area contributed by atoms with Crippen molar-refractivity contribution in [3.8, 4) is 0 Å². The average molecular weight is 291 g/mol. The summed E-state index contributed by atoms with van der Waals surface area (Å²) in [6, 6.07) is -1.05. The summed E-state index contributed by atoms with van der Waals surface area (Å²) < 4.78 is 9.73. The molecule has 0 aromatic rings. The lowest BCUT2D eigenvalue weighted by molar-refractivity contribution is -0.154. The fourth-order valence-corrected chi connectivity index (χ4v) is 1.69. The zero-order valence-corrected chi connectivity index (χ0v) is 12.9. The van der Waals surface area contributed by atoms with E-state index >= 15 is 0 Å². The molecule has 2 atom stereocenters. The zero-order chi connectivity index (χ0) is 16.1. The summed E-state index contributed by atoms with van der Waals surface area (Å²) >= 11 is 0. The molecule has 0 saturated carbocycles. The number of hydrogen-bond donors (Lipinski definition) is 3. The fraction of sp³-hybridized carbons (Fsp3) is 0.846. The van der Waals surface area contributed by atoms with Crippen molar-refractivity contribution in [3.63, 3.8) is 0 Å². The highest BCUT2D eigenvalue weighted by Gasteiger charge is 2.43. The molecule has 7 heteroatoms. The maximum atomic E-state index is 11.8. The van der Waals surface area contributed by atoms with Crippen LogP contribution >= 0.6 is 0 Å². The fourth-order valence-electron chi connectivity index (χ4n) is 1.69. The number of carbonyl (C=O) groups is 2. The molecule has 7 nitrogen and oxygen atoms in total. The first-order chi connectivity index (χ1) is 8.95. The van der Waals surface area contributed by atoms with Crippen LogP contribution in [0.2, 0.25) is 0 Å². The maximum absolute atomic E-state index is 11.8. The quantitative estimate of drug-likeness (QED) is 0.634. The van der Waals surface area contributed by atoms with Crippen molar-refractivity contribution < 1.29 is 29.3 Å². The smallest absolute Gasteiger partial charge is 0.407 e. The van der Waals surface area contributed by atoms with Gasteiger partial charge >= 0.3 is 12.1 Å². The Morgan fingerprint density at radius 1 is 1.20 bits per heavy atom. The summed E-state index contributed by atoms with van der Waals surface area (Å²) in [5, 5.41) is 21.3. The van der Waals surface area contributed by atoms with Crippen LogP contribution in [0.15, 0.2) is 0 Å². The Labute approximate surface area is 119 Å². The van der Waals surface area contributed by atoms with Gasteiger partial charge < -0.3 is 25.0 Å². The zero-order valence-electron chi connectivity index (χ0n) is 12.9. The first-order valence-electron chi connectivity index (χ1n) is 6.32. The molecule has 0 aliphatic carbocycles. The highest BCUT2D eigenvalue weighted by molar-refractivity contribution is 5.78. The van der Waals surface area contributed by atoms with Gasteiger partial charge in [0.25, 0.3) is 0 Å². The van der Waals surface area contributed by atoms with Gasteiger partial charge in [0.15, 0.2) is 0 Å². The van der Waals surface area contributed by atoms with E-state index in [1.165, 1.54) is 21.0 Å². The van der Waals surface area contributed by atoms with Gasteiger partial charge in [-0.1, -0.05) is 0 Å². The lowest BCUT2D eigenvalue weighted by Crippen LogP contribution is -2.57. The van der Waals surface area contributed by atoms with Gasteiger partial charge in [-0.05, 0) is 34.6 Å². The second-order valence-corrected chi connectivity index (χ2v) is 6.09. The Morgan fingerprint density at radius 2 is 1.70 bits per heavy atom. The van der Waals surface area contributed by atoms with Crippen molar-refractivity contribution >= 4 is 12.1 Å². The Hall–Kier alpha value is -1.34. The summed E-state index contributed by atoms with van der Waals surface area (Å²) in [6.45, 7) is 7.46. The lowest BCUT2D eigenvalue weighted by Gasteiger charge is -2.35. The summed E-state index contributed by atoms with van der Waals surface area (Å²) in [5.41, 5.74) is -1.94. The predicted molar refractivity (Wildman–Crippen MR) is 72.0 cm³/mol. The minimum atomic E-state index is -1.32. The molecule has 0 saturated heterocycles. The van der Waals surface area contributed by atoms with E-state index < -0.39 is 41.8 Å². The maximum Gasteiger partial charge on any atom is 0.407 e. The number of nitrogens with one attached hydrogen (secondary N) is 1. The van der Waals surface area contributed by atoms with E-state index in [1.54, 1.807) is 20.8 Å². The van der Waals surface area contributed by atoms with Gasteiger partial charge in [0.2, 0.25) is 0 Å². The molecule has 0 fully saturated rings. The molecule has 0 aromatic heterocycles. The van der Waals surface area contributed by atoms with Crippen LogP contribution in [-0.2, 0) is 14.3 Å². The van der Waals surface area contributed by atoms with E-state index in [-0.39, 0.29) is 0 Å². The third-order valence-corrected chi connectivity index (χ3v) is 2.73. The van der Waals surface area contributed by atoms with Crippen LogP contribution in [0.5, 0.6) is 0 Å². The van der Waals surface area contributed by atoms with E-state index in [1.807, 2.05) is 0 Å². The minimum absolute atomic E-state index is 0.610. The topological polar surface area (TPSA) is 105 Å². The average Bonchev–Trinajstić information content (AvgIpc) is 2.31. The third kappa shape index (κ3) is 5.34. The first kappa shape index (κ1) is 18.7. The highest BCUT2D eigenvalue weighted by Crippen LogP contribution is 2.25. The van der Waals surface area contributed by atoms with E-state index in [2.05, 4.69) is 10.1 Å². The van der Waals surface area contributed by atoms with Crippen molar-refractivity contribution in [2.75, 3.05) is 13.7 Å². The Balaban J connectivity index is 5.09. The molecule has 0 aliphatic rings. The number of rotatable bonds is 5. The standard InChI is InChI=1S/C13H25NO6/c1-12(2,3)20-11(18)14-9(8(16)7-15)13(4,5)10(17)19-6/h8-9,15-16H,7H2,1-6H3,(H,14,18)/t8-,9+/m1/s1. The van der Waals surface area contributed by atoms with Crippen molar-refractivity contribution in [3.05, 3.63) is 0 Å². The van der Waals surface area contributed by atoms with Gasteiger partial charge in [0.05, 0.1) is 31.3 Å². The molecule has 1 amide bonds. The first-order valence-corrected chi connectivity index (χ1v) is 6.32. The van der Waals surface area contributed by atoms with Gasteiger partial charge in [0.1, 0.15) is 5.60 Å². The predicted octanol–water partition coefficient (Wildman–Crippen LogP) is 0.432. The normalized spacial score (nSPS) is 15.2. The van der Waals surface area contributed by atoms with Crippen LogP contribution < -0.4 is 5.32 Å². The number of ether oxygens (including phenoxy) is 2. The largest absolute Gasteiger partial charge is 0.469 e. The molecule has 0 aliphatic heterocycles. The summed E-state index contributed by atoms with van der Waals surface area (Å²) in [4.78, 5) is 23.5. The molecule has 3 N–H and O–H groups in total. The summed E-state index contributed by atoms with van der Waals surface area (Å²) in [6.07, 6.45) is -2.11. The van der Waals surface area contributed by atoms with Crippen LogP contribution in [-0.4, -0.2) is 53.7 Å². The number of esters is 1. The molecule has 0 aromatic carbocycles. The van der Waals surface area contributed by atoms with E-state index in [0.717, 1.165) is 0 Å². The number of alkyl carbamates (subject to hydrolysis) is 1. The number of hydrogen-bond acceptors (Lipinski definition) is 6. The number of amides is 1. The van der Waals surface area contributed by atoms with Gasteiger partial charge in [-0.25, -0.2) is 4.79 Å². The minimum Gasteiger partial charge on any atom is -0.469 e. The summed E-state index contributed by atoms with van der Waals surface area (Å²) in [7, 11) is 1.21. The molecule has 0 heterocycles. The SMILES string of the molecule is COC(=O)C(C)(C)[C@@H](NC(=O)OC(C)(C)C)[C@H](O)CO. The molecular formula is C13H25NO6. The summed E-state index contributed by atoms with van der Waals surface area (Å²) in [5.74, 6) is -0.619.